The van der Waals surface area contributed by atoms with Crippen LogP contribution in [0.5, 0.6) is 0 Å². The predicted molar refractivity (Wildman–Crippen MR) is 93.2 cm³/mol. The summed E-state index contributed by atoms with van der Waals surface area (Å²) in [7, 11) is 0. The van der Waals surface area contributed by atoms with Crippen LogP contribution in [0.2, 0.25) is 0 Å². The molecule has 22 heavy (non-hydrogen) atoms. The summed E-state index contributed by atoms with van der Waals surface area (Å²) in [5.41, 5.74) is 2.21. The van der Waals surface area contributed by atoms with Crippen molar-refractivity contribution in [3.05, 3.63) is 45.4 Å². The summed E-state index contributed by atoms with van der Waals surface area (Å²) in [5.74, 6) is 0.0104. The summed E-state index contributed by atoms with van der Waals surface area (Å²) in [5, 5.41) is 5.51. The Bertz CT molecular complexity index is 673. The quantitative estimate of drug-likeness (QED) is 0.873. The van der Waals surface area contributed by atoms with E-state index in [1.807, 2.05) is 24.4 Å². The first-order valence-corrected chi connectivity index (χ1v) is 9.00. The number of likely N-dealkylation sites (tertiary alicyclic amines) is 1. The smallest absolute Gasteiger partial charge is 0.240 e. The summed E-state index contributed by atoms with van der Waals surface area (Å²) in [4.78, 5) is 18.7. The van der Waals surface area contributed by atoms with Gasteiger partial charge in [-0.15, -0.1) is 11.3 Å². The van der Waals surface area contributed by atoms with Crippen LogP contribution in [0.1, 0.15) is 30.1 Å². The van der Waals surface area contributed by atoms with Gasteiger partial charge < -0.3 is 5.32 Å². The van der Waals surface area contributed by atoms with Crippen molar-refractivity contribution in [2.24, 2.45) is 0 Å². The van der Waals surface area contributed by atoms with Crippen LogP contribution < -0.4 is 5.32 Å². The Morgan fingerprint density at radius 1 is 1.55 bits per heavy atom. The number of nitrogens with zero attached hydrogens (tertiary/aromatic N) is 2. The van der Waals surface area contributed by atoms with Crippen molar-refractivity contribution >= 4 is 38.3 Å². The lowest BCUT2D eigenvalue weighted by atomic mass is 10.0. The SMILES string of the molecule is Cc1csc(NC(=O)CN2CCCC2c2cccc(Br)c2)n1. The number of aryl methyl sites for hydroxylation is 1. The lowest BCUT2D eigenvalue weighted by Crippen LogP contribution is -2.32. The molecule has 1 aliphatic rings. The minimum Gasteiger partial charge on any atom is -0.301 e. The molecule has 1 saturated heterocycles. The van der Waals surface area contributed by atoms with Gasteiger partial charge in [0.25, 0.3) is 0 Å². The molecular formula is C16H18BrN3OS. The molecule has 0 radical (unpaired) electrons. The number of halogens is 1. The first kappa shape index (κ1) is 15.6. The van der Waals surface area contributed by atoms with Gasteiger partial charge in [-0.1, -0.05) is 28.1 Å². The summed E-state index contributed by atoms with van der Waals surface area (Å²) in [6.45, 7) is 3.30. The maximum Gasteiger partial charge on any atom is 0.240 e. The third-order valence-electron chi connectivity index (χ3n) is 3.81. The molecule has 1 unspecified atom stereocenters. The molecule has 4 nitrogen and oxygen atoms in total. The number of amides is 1. The zero-order valence-corrected chi connectivity index (χ0v) is 14.8. The summed E-state index contributed by atoms with van der Waals surface area (Å²) < 4.78 is 1.08. The number of hydrogen-bond donors (Lipinski definition) is 1. The highest BCUT2D eigenvalue weighted by atomic mass is 79.9. The van der Waals surface area contributed by atoms with E-state index in [1.54, 1.807) is 0 Å². The second-order valence-corrected chi connectivity index (χ2v) is 7.30. The Kier molecular flexibility index (Phi) is 4.90. The second-order valence-electron chi connectivity index (χ2n) is 5.53. The predicted octanol–water partition coefficient (Wildman–Crippen LogP) is 3.99. The molecule has 0 bridgehead atoms. The van der Waals surface area contributed by atoms with Crippen LogP contribution in [-0.2, 0) is 4.79 Å². The van der Waals surface area contributed by atoms with Crippen LogP contribution in [0.25, 0.3) is 0 Å². The van der Waals surface area contributed by atoms with E-state index in [2.05, 4.69) is 43.3 Å². The van der Waals surface area contributed by atoms with Crippen molar-refractivity contribution in [1.29, 1.82) is 0 Å². The standard InChI is InChI=1S/C16H18BrN3OS/c1-11-10-22-16(18-11)19-15(21)9-20-7-3-6-14(20)12-4-2-5-13(17)8-12/h2,4-5,8,10,14H,3,6-7,9H2,1H3,(H,18,19,21). The average Bonchev–Trinajstić information content (AvgIpc) is 3.08. The number of rotatable bonds is 4. The number of carbonyl (C=O) groups is 1. The third kappa shape index (κ3) is 3.74. The monoisotopic (exact) mass is 379 g/mol. The number of benzene rings is 1. The first-order valence-electron chi connectivity index (χ1n) is 7.33. The van der Waals surface area contributed by atoms with E-state index in [4.69, 9.17) is 0 Å². The minimum absolute atomic E-state index is 0.0104. The van der Waals surface area contributed by atoms with E-state index in [-0.39, 0.29) is 5.91 Å². The van der Waals surface area contributed by atoms with E-state index in [9.17, 15) is 4.79 Å². The van der Waals surface area contributed by atoms with Crippen molar-refractivity contribution in [2.45, 2.75) is 25.8 Å². The van der Waals surface area contributed by atoms with Gasteiger partial charge in [0.1, 0.15) is 0 Å². The fourth-order valence-corrected chi connectivity index (χ4v) is 3.98. The van der Waals surface area contributed by atoms with Crippen molar-refractivity contribution in [1.82, 2.24) is 9.88 Å². The van der Waals surface area contributed by atoms with Gasteiger partial charge in [0.15, 0.2) is 5.13 Å². The third-order valence-corrected chi connectivity index (χ3v) is 5.18. The zero-order chi connectivity index (χ0) is 15.5. The number of nitrogens with one attached hydrogen (secondary N) is 1. The molecule has 0 aliphatic carbocycles. The number of anilines is 1. The van der Waals surface area contributed by atoms with Gasteiger partial charge in [0.2, 0.25) is 5.91 Å². The molecule has 3 rings (SSSR count). The topological polar surface area (TPSA) is 45.2 Å². The highest BCUT2D eigenvalue weighted by Crippen LogP contribution is 2.32. The minimum atomic E-state index is 0.0104. The van der Waals surface area contributed by atoms with Gasteiger partial charge in [-0.3, -0.25) is 9.69 Å². The Balaban J connectivity index is 1.64. The van der Waals surface area contributed by atoms with Gasteiger partial charge >= 0.3 is 0 Å². The van der Waals surface area contributed by atoms with Crippen molar-refractivity contribution in [2.75, 3.05) is 18.4 Å². The molecule has 2 aromatic rings. The highest BCUT2D eigenvalue weighted by Gasteiger charge is 2.27. The van der Waals surface area contributed by atoms with Crippen LogP contribution in [-0.4, -0.2) is 28.9 Å². The van der Waals surface area contributed by atoms with Crippen LogP contribution in [0.3, 0.4) is 0 Å². The maximum absolute atomic E-state index is 12.2. The van der Waals surface area contributed by atoms with Gasteiger partial charge in [0.05, 0.1) is 12.2 Å². The van der Waals surface area contributed by atoms with E-state index >= 15 is 0 Å². The summed E-state index contributed by atoms with van der Waals surface area (Å²) >= 11 is 4.99. The van der Waals surface area contributed by atoms with E-state index in [0.717, 1.165) is 29.6 Å². The van der Waals surface area contributed by atoms with Crippen LogP contribution in [0.15, 0.2) is 34.1 Å². The molecule has 2 heterocycles. The summed E-state index contributed by atoms with van der Waals surface area (Å²) in [6, 6.07) is 8.68. The maximum atomic E-state index is 12.2. The number of carbonyl (C=O) groups excluding carboxylic acids is 1. The molecule has 116 valence electrons. The summed E-state index contributed by atoms with van der Waals surface area (Å²) in [6.07, 6.45) is 2.22. The van der Waals surface area contributed by atoms with Crippen LogP contribution >= 0.6 is 27.3 Å². The largest absolute Gasteiger partial charge is 0.301 e. The number of thiazole rings is 1. The average molecular weight is 380 g/mol. The van der Waals surface area contributed by atoms with Crippen LogP contribution in [0.4, 0.5) is 5.13 Å². The molecule has 1 atom stereocenters. The molecule has 1 fully saturated rings. The highest BCUT2D eigenvalue weighted by molar-refractivity contribution is 9.10. The van der Waals surface area contributed by atoms with Crippen LogP contribution in [0, 0.1) is 6.92 Å². The lowest BCUT2D eigenvalue weighted by molar-refractivity contribution is -0.117. The molecule has 0 spiro atoms. The first-order chi connectivity index (χ1) is 10.6. The normalized spacial score (nSPS) is 18.5. The van der Waals surface area contributed by atoms with E-state index in [1.165, 1.54) is 16.9 Å². The molecule has 0 saturated carbocycles. The molecule has 1 amide bonds. The molecule has 1 aromatic carbocycles. The van der Waals surface area contributed by atoms with Crippen molar-refractivity contribution < 1.29 is 4.79 Å². The number of aromatic nitrogens is 1. The fraction of sp³-hybridized carbons (Fsp3) is 0.375. The molecular weight excluding hydrogens is 362 g/mol. The molecule has 6 heteroatoms. The van der Waals surface area contributed by atoms with Gasteiger partial charge in [-0.2, -0.15) is 0 Å². The van der Waals surface area contributed by atoms with E-state index < -0.39 is 0 Å². The van der Waals surface area contributed by atoms with Gasteiger partial charge in [0, 0.05) is 15.9 Å². The molecule has 1 N–H and O–H groups in total. The Labute approximate surface area is 142 Å². The Morgan fingerprint density at radius 3 is 3.14 bits per heavy atom. The second kappa shape index (κ2) is 6.89. The molecule has 1 aliphatic heterocycles. The van der Waals surface area contributed by atoms with Gasteiger partial charge in [-0.05, 0) is 44.0 Å². The Morgan fingerprint density at radius 2 is 2.41 bits per heavy atom. The lowest BCUT2D eigenvalue weighted by Gasteiger charge is -2.24. The fourth-order valence-electron chi connectivity index (χ4n) is 2.86. The van der Waals surface area contributed by atoms with Crippen molar-refractivity contribution in [3.63, 3.8) is 0 Å². The van der Waals surface area contributed by atoms with Crippen molar-refractivity contribution in [3.8, 4) is 0 Å². The zero-order valence-electron chi connectivity index (χ0n) is 12.4. The number of hydrogen-bond acceptors (Lipinski definition) is 4. The Hall–Kier alpha value is -1.24. The van der Waals surface area contributed by atoms with E-state index in [0.29, 0.717) is 17.7 Å². The van der Waals surface area contributed by atoms with Gasteiger partial charge in [-0.25, -0.2) is 4.98 Å². The molecule has 1 aromatic heterocycles.